The number of anilines is 1. The molecular formula is C24H16ClNO6. The van der Waals surface area contributed by atoms with E-state index >= 15 is 0 Å². The van der Waals surface area contributed by atoms with Crippen molar-refractivity contribution < 1.29 is 28.7 Å². The van der Waals surface area contributed by atoms with Crippen molar-refractivity contribution in [2.24, 2.45) is 0 Å². The number of carbonyl (C=O) groups excluding carboxylic acids is 4. The molecule has 0 aromatic heterocycles. The first-order valence-electron chi connectivity index (χ1n) is 9.52. The van der Waals surface area contributed by atoms with Crippen LogP contribution in [-0.2, 0) is 9.53 Å². The van der Waals surface area contributed by atoms with Crippen molar-refractivity contribution in [1.29, 1.82) is 0 Å². The lowest BCUT2D eigenvalue weighted by molar-refractivity contribution is -0.119. The first kappa shape index (κ1) is 21.3. The second-order valence-corrected chi connectivity index (χ2v) is 7.29. The van der Waals surface area contributed by atoms with Gasteiger partial charge in [0.05, 0.1) is 23.3 Å². The third-order valence-corrected chi connectivity index (χ3v) is 5.33. The monoisotopic (exact) mass is 449 g/mol. The topological polar surface area (TPSA) is 98.8 Å². The Hall–Kier alpha value is -3.97. The fourth-order valence-corrected chi connectivity index (χ4v) is 3.74. The quantitative estimate of drug-likeness (QED) is 0.464. The molecule has 7 nitrogen and oxygen atoms in total. The van der Waals surface area contributed by atoms with Crippen molar-refractivity contribution in [1.82, 2.24) is 0 Å². The minimum atomic E-state index is -0.891. The van der Waals surface area contributed by atoms with Gasteiger partial charge in [-0.3, -0.25) is 14.4 Å². The Kier molecular flexibility index (Phi) is 5.75. The van der Waals surface area contributed by atoms with Gasteiger partial charge in [-0.25, -0.2) is 4.79 Å². The van der Waals surface area contributed by atoms with E-state index in [9.17, 15) is 19.2 Å². The highest BCUT2D eigenvalue weighted by atomic mass is 35.5. The van der Waals surface area contributed by atoms with Crippen LogP contribution >= 0.6 is 11.6 Å². The van der Waals surface area contributed by atoms with Gasteiger partial charge in [-0.05, 0) is 24.3 Å². The van der Waals surface area contributed by atoms with E-state index in [1.54, 1.807) is 42.5 Å². The van der Waals surface area contributed by atoms with Crippen LogP contribution in [0.2, 0.25) is 5.02 Å². The van der Waals surface area contributed by atoms with Crippen LogP contribution in [0.3, 0.4) is 0 Å². The molecule has 160 valence electrons. The van der Waals surface area contributed by atoms with E-state index in [4.69, 9.17) is 21.1 Å². The molecule has 0 saturated heterocycles. The lowest BCUT2D eigenvalue weighted by Gasteiger charge is -2.19. The molecule has 0 unspecified atom stereocenters. The molecule has 0 saturated carbocycles. The zero-order valence-corrected chi connectivity index (χ0v) is 17.6. The summed E-state index contributed by atoms with van der Waals surface area (Å²) in [6, 6.07) is 15.8. The van der Waals surface area contributed by atoms with Gasteiger partial charge in [0, 0.05) is 28.4 Å². The predicted octanol–water partition coefficient (Wildman–Crippen LogP) is 3.92. The molecule has 32 heavy (non-hydrogen) atoms. The van der Waals surface area contributed by atoms with Crippen LogP contribution in [-0.4, -0.2) is 37.2 Å². The van der Waals surface area contributed by atoms with Gasteiger partial charge in [0.1, 0.15) is 5.75 Å². The lowest BCUT2D eigenvalue weighted by atomic mass is 9.83. The minimum absolute atomic E-state index is 0.0503. The van der Waals surface area contributed by atoms with Crippen LogP contribution in [0.15, 0.2) is 60.7 Å². The second-order valence-electron chi connectivity index (χ2n) is 6.91. The molecule has 3 aromatic rings. The molecule has 3 aromatic carbocycles. The summed E-state index contributed by atoms with van der Waals surface area (Å²) < 4.78 is 10.1. The zero-order valence-electron chi connectivity index (χ0n) is 16.8. The van der Waals surface area contributed by atoms with E-state index in [-0.39, 0.29) is 38.6 Å². The van der Waals surface area contributed by atoms with Crippen LogP contribution in [0.4, 0.5) is 5.69 Å². The minimum Gasteiger partial charge on any atom is -0.497 e. The molecule has 1 amide bonds. The number of benzene rings is 3. The SMILES string of the molecule is COc1cccc(NC(=O)COC(=O)c2ccc3c(c2Cl)C(=O)c2ccccc2C3=O)c1. The largest absolute Gasteiger partial charge is 0.497 e. The van der Waals surface area contributed by atoms with Crippen molar-refractivity contribution in [2.45, 2.75) is 0 Å². The molecule has 0 spiro atoms. The number of ketones is 2. The number of esters is 1. The van der Waals surface area contributed by atoms with Crippen molar-refractivity contribution in [3.8, 4) is 5.75 Å². The number of amides is 1. The first-order valence-corrected chi connectivity index (χ1v) is 9.90. The Bertz CT molecular complexity index is 1280. The fraction of sp³-hybridized carbons (Fsp3) is 0.0833. The number of hydrogen-bond acceptors (Lipinski definition) is 6. The number of carbonyl (C=O) groups is 4. The lowest BCUT2D eigenvalue weighted by Crippen LogP contribution is -2.24. The summed E-state index contributed by atoms with van der Waals surface area (Å²) >= 11 is 6.34. The summed E-state index contributed by atoms with van der Waals surface area (Å²) in [5, 5.41) is 2.40. The second kappa shape index (κ2) is 8.64. The Balaban J connectivity index is 1.51. The molecule has 0 fully saturated rings. The normalized spacial score (nSPS) is 11.9. The molecule has 1 N–H and O–H groups in total. The first-order chi connectivity index (χ1) is 15.4. The van der Waals surface area contributed by atoms with E-state index in [1.807, 2.05) is 0 Å². The van der Waals surface area contributed by atoms with Crippen molar-refractivity contribution >= 4 is 40.7 Å². The summed E-state index contributed by atoms with van der Waals surface area (Å²) in [7, 11) is 1.50. The van der Waals surface area contributed by atoms with E-state index in [0.29, 0.717) is 11.4 Å². The van der Waals surface area contributed by atoms with Gasteiger partial charge in [0.2, 0.25) is 0 Å². The van der Waals surface area contributed by atoms with E-state index in [2.05, 4.69) is 5.32 Å². The van der Waals surface area contributed by atoms with Crippen molar-refractivity contribution in [3.63, 3.8) is 0 Å². The van der Waals surface area contributed by atoms with Crippen LogP contribution in [0.25, 0.3) is 0 Å². The van der Waals surface area contributed by atoms with Gasteiger partial charge < -0.3 is 14.8 Å². The smallest absolute Gasteiger partial charge is 0.340 e. The summed E-state index contributed by atoms with van der Waals surface area (Å²) in [6.45, 7) is -0.570. The molecule has 0 bridgehead atoms. The summed E-state index contributed by atoms with van der Waals surface area (Å²) in [6.07, 6.45) is 0. The van der Waals surface area contributed by atoms with Gasteiger partial charge in [-0.1, -0.05) is 41.9 Å². The average Bonchev–Trinajstić information content (AvgIpc) is 2.81. The van der Waals surface area contributed by atoms with Crippen molar-refractivity contribution in [2.75, 3.05) is 19.0 Å². The standard InChI is InChI=1S/C24H16ClNO6/c1-31-14-6-4-5-13(11-14)26-19(27)12-32-24(30)18-10-9-17-20(21(18)25)23(29)16-8-3-2-7-15(16)22(17)28/h2-11H,12H2,1H3,(H,26,27). The maximum Gasteiger partial charge on any atom is 0.340 e. The number of nitrogens with one attached hydrogen (secondary N) is 1. The van der Waals surface area contributed by atoms with Gasteiger partial charge in [0.15, 0.2) is 18.2 Å². The predicted molar refractivity (Wildman–Crippen MR) is 117 cm³/mol. The molecule has 0 aliphatic heterocycles. The van der Waals surface area contributed by atoms with Gasteiger partial charge >= 0.3 is 5.97 Å². The van der Waals surface area contributed by atoms with Crippen LogP contribution in [0, 0.1) is 0 Å². The summed E-state index contributed by atoms with van der Waals surface area (Å²) in [5.74, 6) is -1.71. The Labute approximate surface area is 187 Å². The van der Waals surface area contributed by atoms with Gasteiger partial charge in [0.25, 0.3) is 5.91 Å². The number of rotatable bonds is 5. The van der Waals surface area contributed by atoms with E-state index in [0.717, 1.165) is 0 Å². The average molecular weight is 450 g/mol. The Morgan fingerprint density at radius 2 is 1.62 bits per heavy atom. The Morgan fingerprint density at radius 3 is 2.34 bits per heavy atom. The Morgan fingerprint density at radius 1 is 0.906 bits per heavy atom. The number of fused-ring (bicyclic) bond motifs is 2. The maximum atomic E-state index is 12.9. The number of halogens is 1. The maximum absolute atomic E-state index is 12.9. The zero-order chi connectivity index (χ0) is 22.8. The molecule has 1 aliphatic carbocycles. The van der Waals surface area contributed by atoms with Crippen molar-refractivity contribution in [3.05, 3.63) is 93.5 Å². The number of methoxy groups -OCH3 is 1. The highest BCUT2D eigenvalue weighted by molar-refractivity contribution is 6.41. The number of hydrogen-bond donors (Lipinski definition) is 1. The summed E-state index contributed by atoms with van der Waals surface area (Å²) in [5.41, 5.74) is 0.928. The highest BCUT2D eigenvalue weighted by Gasteiger charge is 2.33. The van der Waals surface area contributed by atoms with E-state index in [1.165, 1.54) is 25.3 Å². The molecule has 1 aliphatic rings. The highest BCUT2D eigenvalue weighted by Crippen LogP contribution is 2.34. The van der Waals surface area contributed by atoms with E-state index < -0.39 is 24.3 Å². The molecule has 4 rings (SSSR count). The van der Waals surface area contributed by atoms with Crippen LogP contribution < -0.4 is 10.1 Å². The third kappa shape index (κ3) is 3.86. The molecule has 8 heteroatoms. The van der Waals surface area contributed by atoms with Crippen LogP contribution in [0.1, 0.15) is 42.2 Å². The molecule has 0 atom stereocenters. The molecule has 0 radical (unpaired) electrons. The molecular weight excluding hydrogens is 434 g/mol. The van der Waals surface area contributed by atoms with Gasteiger partial charge in [-0.15, -0.1) is 0 Å². The molecule has 0 heterocycles. The third-order valence-electron chi connectivity index (χ3n) is 4.94. The summed E-state index contributed by atoms with van der Waals surface area (Å²) in [4.78, 5) is 50.3. The van der Waals surface area contributed by atoms with Gasteiger partial charge in [-0.2, -0.15) is 0 Å². The van der Waals surface area contributed by atoms with Crippen LogP contribution in [0.5, 0.6) is 5.75 Å². The fourth-order valence-electron chi connectivity index (χ4n) is 3.41. The number of ether oxygens (including phenoxy) is 2.